The van der Waals surface area contributed by atoms with Gasteiger partial charge in [0.15, 0.2) is 0 Å². The highest BCUT2D eigenvalue weighted by Gasteiger charge is 2.08. The summed E-state index contributed by atoms with van der Waals surface area (Å²) in [5.41, 5.74) is 0.733. The second kappa shape index (κ2) is 3.74. The molecule has 0 heterocycles. The fourth-order valence-corrected chi connectivity index (χ4v) is 1.13. The first kappa shape index (κ1) is 8.57. The van der Waals surface area contributed by atoms with Gasteiger partial charge in [-0.1, -0.05) is 36.7 Å². The van der Waals surface area contributed by atoms with Gasteiger partial charge in [-0.2, -0.15) is 0 Å². The minimum absolute atomic E-state index is 0.343. The number of aliphatic hydroxyl groups excluding tert-OH is 1. The number of halogens is 1. The number of benzene rings is 1. The van der Waals surface area contributed by atoms with Gasteiger partial charge >= 0.3 is 0 Å². The highest BCUT2D eigenvalue weighted by molar-refractivity contribution is 6.31. The van der Waals surface area contributed by atoms with E-state index < -0.39 is 0 Å². The molecule has 1 aromatic rings. The van der Waals surface area contributed by atoms with Crippen LogP contribution in [0, 0.1) is 6.10 Å². The van der Waals surface area contributed by atoms with Crippen LogP contribution in [0.4, 0.5) is 0 Å². The van der Waals surface area contributed by atoms with Gasteiger partial charge in [-0.3, -0.25) is 0 Å². The van der Waals surface area contributed by atoms with Crippen molar-refractivity contribution in [3.8, 4) is 0 Å². The Kier molecular flexibility index (Phi) is 2.92. The van der Waals surface area contributed by atoms with Crippen LogP contribution in [-0.2, 0) is 0 Å². The maximum atomic E-state index is 9.34. The van der Waals surface area contributed by atoms with E-state index in [4.69, 9.17) is 11.6 Å². The topological polar surface area (TPSA) is 20.2 Å². The van der Waals surface area contributed by atoms with E-state index >= 15 is 0 Å². The van der Waals surface area contributed by atoms with Crippen molar-refractivity contribution in [2.24, 2.45) is 0 Å². The van der Waals surface area contributed by atoms with Crippen LogP contribution in [0.3, 0.4) is 0 Å². The molecule has 0 aromatic heterocycles. The zero-order chi connectivity index (χ0) is 8.27. The van der Waals surface area contributed by atoms with E-state index in [2.05, 4.69) is 0 Å². The Hall–Kier alpha value is -0.530. The summed E-state index contributed by atoms with van der Waals surface area (Å²) in [7, 11) is 0. The molecule has 1 aromatic carbocycles. The van der Waals surface area contributed by atoms with Gasteiger partial charge in [0.05, 0.1) is 0 Å². The van der Waals surface area contributed by atoms with Gasteiger partial charge in [-0.25, -0.2) is 0 Å². The van der Waals surface area contributed by atoms with Gasteiger partial charge in [0.2, 0.25) is 0 Å². The summed E-state index contributed by atoms with van der Waals surface area (Å²) >= 11 is 5.82. The summed E-state index contributed by atoms with van der Waals surface area (Å²) in [5, 5.41) is 9.95. The maximum Gasteiger partial charge on any atom is 0.124 e. The van der Waals surface area contributed by atoms with E-state index in [0.717, 1.165) is 5.56 Å². The Labute approximate surface area is 71.6 Å². The van der Waals surface area contributed by atoms with Crippen molar-refractivity contribution in [3.05, 3.63) is 41.0 Å². The van der Waals surface area contributed by atoms with Gasteiger partial charge < -0.3 is 5.11 Å². The Morgan fingerprint density at radius 3 is 2.64 bits per heavy atom. The number of rotatable bonds is 2. The van der Waals surface area contributed by atoms with E-state index in [1.165, 1.54) is 0 Å². The van der Waals surface area contributed by atoms with Crippen LogP contribution in [-0.4, -0.2) is 5.11 Å². The average Bonchev–Trinajstić information content (AvgIpc) is 2.04. The molecule has 0 bridgehead atoms. The molecule has 0 atom stereocenters. The van der Waals surface area contributed by atoms with Crippen LogP contribution in [0.25, 0.3) is 0 Å². The second-order valence-electron chi connectivity index (χ2n) is 2.28. The molecule has 1 N–H and O–H groups in total. The summed E-state index contributed by atoms with van der Waals surface area (Å²) in [6, 6.07) is 7.27. The highest BCUT2D eigenvalue weighted by Crippen LogP contribution is 2.23. The van der Waals surface area contributed by atoms with Crippen molar-refractivity contribution in [2.45, 2.75) is 13.3 Å². The number of hydrogen-bond acceptors (Lipinski definition) is 1. The number of aliphatic hydroxyl groups is 1. The van der Waals surface area contributed by atoms with E-state index in [1.807, 2.05) is 19.1 Å². The third-order valence-electron chi connectivity index (χ3n) is 1.52. The highest BCUT2D eigenvalue weighted by atomic mass is 35.5. The third kappa shape index (κ3) is 1.95. The Morgan fingerprint density at radius 1 is 1.45 bits per heavy atom. The van der Waals surface area contributed by atoms with Crippen LogP contribution in [0.1, 0.15) is 18.9 Å². The molecule has 1 nitrogen and oxygen atoms in total. The van der Waals surface area contributed by atoms with Gasteiger partial charge in [0.25, 0.3) is 0 Å². The van der Waals surface area contributed by atoms with Gasteiger partial charge in [-0.05, 0) is 12.5 Å². The lowest BCUT2D eigenvalue weighted by atomic mass is 10.1. The quantitative estimate of drug-likeness (QED) is 0.722. The van der Waals surface area contributed by atoms with Crippen LogP contribution >= 0.6 is 11.6 Å². The van der Waals surface area contributed by atoms with E-state index in [1.54, 1.807) is 12.1 Å². The minimum Gasteiger partial charge on any atom is -0.382 e. The van der Waals surface area contributed by atoms with E-state index in [-0.39, 0.29) is 0 Å². The standard InChI is InChI=1S/C9H10ClO/c1-2-9(11)7-5-3-4-6-8(7)10/h3-6,11H,2H2,1H3. The maximum absolute atomic E-state index is 9.34. The molecule has 0 saturated heterocycles. The predicted molar refractivity (Wildman–Crippen MR) is 46.0 cm³/mol. The Bertz CT molecular complexity index is 235. The lowest BCUT2D eigenvalue weighted by Crippen LogP contribution is -1.96. The molecule has 1 radical (unpaired) electrons. The van der Waals surface area contributed by atoms with Gasteiger partial charge in [-0.15, -0.1) is 0 Å². The molecule has 0 unspecified atom stereocenters. The summed E-state index contributed by atoms with van der Waals surface area (Å²) in [5.74, 6) is 0. The summed E-state index contributed by atoms with van der Waals surface area (Å²) in [4.78, 5) is 0. The molecule has 2 heteroatoms. The van der Waals surface area contributed by atoms with Crippen molar-refractivity contribution in [1.29, 1.82) is 0 Å². The fourth-order valence-electron chi connectivity index (χ4n) is 0.886. The van der Waals surface area contributed by atoms with Crippen molar-refractivity contribution in [1.82, 2.24) is 0 Å². The first-order chi connectivity index (χ1) is 5.25. The zero-order valence-corrected chi connectivity index (χ0v) is 7.10. The molecule has 0 saturated carbocycles. The monoisotopic (exact) mass is 169 g/mol. The van der Waals surface area contributed by atoms with E-state index in [9.17, 15) is 5.11 Å². The smallest absolute Gasteiger partial charge is 0.124 e. The van der Waals surface area contributed by atoms with Crippen molar-refractivity contribution >= 4 is 11.6 Å². The molecular weight excluding hydrogens is 160 g/mol. The Balaban J connectivity index is 2.93. The molecule has 0 aliphatic heterocycles. The summed E-state index contributed by atoms with van der Waals surface area (Å²) in [6.45, 7) is 1.89. The molecule has 1 rings (SSSR count). The van der Waals surface area contributed by atoms with Crippen LogP contribution in [0.2, 0.25) is 5.02 Å². The molecule has 0 fully saturated rings. The third-order valence-corrected chi connectivity index (χ3v) is 1.85. The first-order valence-corrected chi connectivity index (χ1v) is 3.93. The van der Waals surface area contributed by atoms with E-state index in [0.29, 0.717) is 17.5 Å². The molecule has 0 aliphatic rings. The van der Waals surface area contributed by atoms with Crippen molar-refractivity contribution in [3.63, 3.8) is 0 Å². The van der Waals surface area contributed by atoms with Gasteiger partial charge in [0, 0.05) is 10.6 Å². The summed E-state index contributed by atoms with van der Waals surface area (Å²) in [6.07, 6.45) is 0.958. The number of hydrogen-bond donors (Lipinski definition) is 1. The van der Waals surface area contributed by atoms with Crippen molar-refractivity contribution in [2.75, 3.05) is 0 Å². The van der Waals surface area contributed by atoms with Crippen LogP contribution in [0.15, 0.2) is 24.3 Å². The van der Waals surface area contributed by atoms with Crippen LogP contribution < -0.4 is 0 Å². The zero-order valence-electron chi connectivity index (χ0n) is 6.34. The fraction of sp³-hybridized carbons (Fsp3) is 0.222. The van der Waals surface area contributed by atoms with Crippen LogP contribution in [0.5, 0.6) is 0 Å². The molecule has 11 heavy (non-hydrogen) atoms. The average molecular weight is 170 g/mol. The van der Waals surface area contributed by atoms with Crippen molar-refractivity contribution < 1.29 is 5.11 Å². The molecule has 0 amide bonds. The lowest BCUT2D eigenvalue weighted by Gasteiger charge is -2.07. The Morgan fingerprint density at radius 2 is 2.09 bits per heavy atom. The first-order valence-electron chi connectivity index (χ1n) is 3.55. The second-order valence-corrected chi connectivity index (χ2v) is 2.69. The SMILES string of the molecule is CC[C](O)c1ccccc1Cl. The largest absolute Gasteiger partial charge is 0.382 e. The molecule has 59 valence electrons. The molecule has 0 spiro atoms. The molecule has 0 aliphatic carbocycles. The minimum atomic E-state index is 0.343. The normalized spacial score (nSPS) is 10.5. The summed E-state index contributed by atoms with van der Waals surface area (Å²) < 4.78 is 0. The lowest BCUT2D eigenvalue weighted by molar-refractivity contribution is 0.319. The predicted octanol–water partition coefficient (Wildman–Crippen LogP) is 3.00. The van der Waals surface area contributed by atoms with Gasteiger partial charge in [0.1, 0.15) is 6.10 Å². The molecular formula is C9H10ClO.